The highest BCUT2D eigenvalue weighted by atomic mass is 79.9. The van der Waals surface area contributed by atoms with Gasteiger partial charge in [0.2, 0.25) is 0 Å². The summed E-state index contributed by atoms with van der Waals surface area (Å²) in [5, 5.41) is 4.50. The van der Waals surface area contributed by atoms with Crippen molar-refractivity contribution in [2.24, 2.45) is 0 Å². The van der Waals surface area contributed by atoms with E-state index in [4.69, 9.17) is 28.9 Å². The Morgan fingerprint density at radius 1 is 1.25 bits per heavy atom. The van der Waals surface area contributed by atoms with Crippen LogP contribution < -0.4 is 5.73 Å². The minimum absolute atomic E-state index is 0.557. The van der Waals surface area contributed by atoms with E-state index < -0.39 is 0 Å². The number of halogens is 3. The van der Waals surface area contributed by atoms with E-state index in [1.165, 1.54) is 11.3 Å². The average Bonchev–Trinajstić information content (AvgIpc) is 2.92. The number of hydrogen-bond acceptors (Lipinski definition) is 3. The molecule has 0 amide bonds. The van der Waals surface area contributed by atoms with Crippen LogP contribution in [0.2, 0.25) is 8.67 Å². The van der Waals surface area contributed by atoms with Gasteiger partial charge < -0.3 is 5.73 Å². The molecule has 0 unspecified atom stereocenters. The SMILES string of the molecule is Nc1cn(-c2cccc(Br)c2)nc1-c1cc(Cl)sc1Cl. The topological polar surface area (TPSA) is 43.8 Å². The van der Waals surface area contributed by atoms with Gasteiger partial charge in [0.05, 0.1) is 21.9 Å². The Bertz CT molecular complexity index is 782. The van der Waals surface area contributed by atoms with E-state index in [9.17, 15) is 0 Å². The van der Waals surface area contributed by atoms with Crippen LogP contribution in [0.15, 0.2) is 41.0 Å². The predicted octanol–water partition coefficient (Wildman–Crippen LogP) is 5.25. The summed E-state index contributed by atoms with van der Waals surface area (Å²) in [6, 6.07) is 9.57. The molecule has 0 saturated heterocycles. The first-order valence-corrected chi connectivity index (χ1v) is 7.97. The van der Waals surface area contributed by atoms with Crippen molar-refractivity contribution in [2.75, 3.05) is 5.73 Å². The van der Waals surface area contributed by atoms with E-state index in [2.05, 4.69) is 21.0 Å². The molecule has 3 nitrogen and oxygen atoms in total. The molecule has 0 fully saturated rings. The molecular weight excluding hydrogens is 381 g/mol. The number of benzene rings is 1. The number of hydrogen-bond donors (Lipinski definition) is 1. The van der Waals surface area contributed by atoms with Crippen LogP contribution in [-0.4, -0.2) is 9.78 Å². The van der Waals surface area contributed by atoms with Gasteiger partial charge in [-0.25, -0.2) is 4.68 Å². The molecule has 0 radical (unpaired) electrons. The van der Waals surface area contributed by atoms with Crippen LogP contribution in [-0.2, 0) is 0 Å². The normalized spacial score (nSPS) is 10.9. The monoisotopic (exact) mass is 387 g/mol. The number of nitrogens with zero attached hydrogens (tertiary/aromatic N) is 2. The van der Waals surface area contributed by atoms with Crippen molar-refractivity contribution >= 4 is 56.2 Å². The minimum atomic E-state index is 0.557. The van der Waals surface area contributed by atoms with E-state index >= 15 is 0 Å². The Hall–Kier alpha value is -1.01. The second-order valence-electron chi connectivity index (χ2n) is 4.10. The molecule has 3 rings (SSSR count). The molecule has 0 atom stereocenters. The lowest BCUT2D eigenvalue weighted by atomic mass is 10.2. The highest BCUT2D eigenvalue weighted by molar-refractivity contribution is 9.10. The molecule has 2 heterocycles. The third-order valence-electron chi connectivity index (χ3n) is 2.73. The number of rotatable bonds is 2. The highest BCUT2D eigenvalue weighted by Crippen LogP contribution is 2.39. The second-order valence-corrected chi connectivity index (χ2v) is 7.30. The summed E-state index contributed by atoms with van der Waals surface area (Å²) in [6.07, 6.45) is 1.76. The van der Waals surface area contributed by atoms with Crippen LogP contribution in [0.5, 0.6) is 0 Å². The van der Waals surface area contributed by atoms with Gasteiger partial charge in [-0.15, -0.1) is 11.3 Å². The van der Waals surface area contributed by atoms with E-state index in [-0.39, 0.29) is 0 Å². The molecule has 2 aromatic heterocycles. The maximum absolute atomic E-state index is 6.15. The van der Waals surface area contributed by atoms with Crippen LogP contribution in [0.25, 0.3) is 16.9 Å². The number of anilines is 1. The number of thiophene rings is 1. The lowest BCUT2D eigenvalue weighted by molar-refractivity contribution is 0.884. The largest absolute Gasteiger partial charge is 0.396 e. The van der Waals surface area contributed by atoms with Crippen molar-refractivity contribution in [1.82, 2.24) is 9.78 Å². The summed E-state index contributed by atoms with van der Waals surface area (Å²) >= 11 is 16.9. The van der Waals surface area contributed by atoms with Gasteiger partial charge in [-0.3, -0.25) is 0 Å². The quantitative estimate of drug-likeness (QED) is 0.651. The first kappa shape index (κ1) is 13.9. The third-order valence-corrected chi connectivity index (χ3v) is 4.71. The fraction of sp³-hybridized carbons (Fsp3) is 0. The fourth-order valence-corrected chi connectivity index (χ4v) is 3.70. The molecule has 2 N–H and O–H groups in total. The van der Waals surface area contributed by atoms with Crippen LogP contribution in [0, 0.1) is 0 Å². The molecule has 0 bridgehead atoms. The van der Waals surface area contributed by atoms with Gasteiger partial charge >= 0.3 is 0 Å². The molecule has 0 aliphatic heterocycles. The number of nitrogens with two attached hydrogens (primary N) is 1. The van der Waals surface area contributed by atoms with Crippen LogP contribution in [0.4, 0.5) is 5.69 Å². The van der Waals surface area contributed by atoms with Crippen molar-refractivity contribution in [3.63, 3.8) is 0 Å². The van der Waals surface area contributed by atoms with Gasteiger partial charge in [0, 0.05) is 10.0 Å². The maximum atomic E-state index is 6.15. The smallest absolute Gasteiger partial charge is 0.118 e. The zero-order valence-electron chi connectivity index (χ0n) is 9.98. The first-order valence-electron chi connectivity index (χ1n) is 5.61. The van der Waals surface area contributed by atoms with Gasteiger partial charge in [-0.2, -0.15) is 5.10 Å². The van der Waals surface area contributed by atoms with Gasteiger partial charge in [0.1, 0.15) is 10.0 Å². The predicted molar refractivity (Wildman–Crippen MR) is 89.0 cm³/mol. The van der Waals surface area contributed by atoms with Crippen molar-refractivity contribution in [1.29, 1.82) is 0 Å². The van der Waals surface area contributed by atoms with E-state index in [0.29, 0.717) is 20.1 Å². The van der Waals surface area contributed by atoms with Gasteiger partial charge in [0.15, 0.2) is 0 Å². The van der Waals surface area contributed by atoms with E-state index in [0.717, 1.165) is 15.7 Å². The standard InChI is InChI=1S/C13H8BrCl2N3S/c14-7-2-1-3-8(4-7)19-6-10(17)12(18-19)9-5-11(15)20-13(9)16/h1-6H,17H2. The van der Waals surface area contributed by atoms with Gasteiger partial charge in [-0.1, -0.05) is 45.2 Å². The zero-order chi connectivity index (χ0) is 14.3. The van der Waals surface area contributed by atoms with Gasteiger partial charge in [-0.05, 0) is 24.3 Å². The zero-order valence-corrected chi connectivity index (χ0v) is 13.9. The van der Waals surface area contributed by atoms with Crippen molar-refractivity contribution in [3.8, 4) is 16.9 Å². The van der Waals surface area contributed by atoms with Crippen molar-refractivity contribution in [3.05, 3.63) is 49.7 Å². The summed E-state index contributed by atoms with van der Waals surface area (Å²) in [6.45, 7) is 0. The third kappa shape index (κ3) is 2.59. The summed E-state index contributed by atoms with van der Waals surface area (Å²) < 4.78 is 3.89. The molecule has 102 valence electrons. The molecular formula is C13H8BrCl2N3S. The molecule has 1 aromatic carbocycles. The number of nitrogen functional groups attached to an aromatic ring is 1. The summed E-state index contributed by atoms with van der Waals surface area (Å²) in [5.41, 5.74) is 8.90. The highest BCUT2D eigenvalue weighted by Gasteiger charge is 2.15. The average molecular weight is 389 g/mol. The van der Waals surface area contributed by atoms with Crippen molar-refractivity contribution in [2.45, 2.75) is 0 Å². The lowest BCUT2D eigenvalue weighted by Gasteiger charge is -2.01. The second kappa shape index (κ2) is 5.41. The molecule has 0 aliphatic carbocycles. The number of aromatic nitrogens is 2. The summed E-state index contributed by atoms with van der Waals surface area (Å²) in [7, 11) is 0. The van der Waals surface area contributed by atoms with E-state index in [1.807, 2.05) is 24.3 Å². The molecule has 7 heteroatoms. The molecule has 0 spiro atoms. The Morgan fingerprint density at radius 3 is 2.70 bits per heavy atom. The van der Waals surface area contributed by atoms with Crippen LogP contribution >= 0.6 is 50.5 Å². The Kier molecular flexibility index (Phi) is 3.77. The summed E-state index contributed by atoms with van der Waals surface area (Å²) in [4.78, 5) is 0. The Balaban J connectivity index is 2.10. The maximum Gasteiger partial charge on any atom is 0.118 e. The van der Waals surface area contributed by atoms with Gasteiger partial charge in [0.25, 0.3) is 0 Å². The van der Waals surface area contributed by atoms with Crippen molar-refractivity contribution < 1.29 is 0 Å². The minimum Gasteiger partial charge on any atom is -0.396 e. The molecule has 0 saturated carbocycles. The van der Waals surface area contributed by atoms with E-state index in [1.54, 1.807) is 16.9 Å². The fourth-order valence-electron chi connectivity index (χ4n) is 1.85. The lowest BCUT2D eigenvalue weighted by Crippen LogP contribution is -1.94. The molecule has 0 aliphatic rings. The first-order chi connectivity index (χ1) is 9.54. The molecule has 3 aromatic rings. The Labute approximate surface area is 138 Å². The van der Waals surface area contributed by atoms with Crippen LogP contribution in [0.3, 0.4) is 0 Å². The summed E-state index contributed by atoms with van der Waals surface area (Å²) in [5.74, 6) is 0. The van der Waals surface area contributed by atoms with Crippen LogP contribution in [0.1, 0.15) is 0 Å². The molecule has 20 heavy (non-hydrogen) atoms. The Morgan fingerprint density at radius 2 is 2.05 bits per heavy atom.